The number of aryl methyl sites for hydroxylation is 2. The highest BCUT2D eigenvalue weighted by atomic mass is 16.2. The van der Waals surface area contributed by atoms with E-state index in [2.05, 4.69) is 28.8 Å². The molecule has 5 rings (SSSR count). The van der Waals surface area contributed by atoms with Gasteiger partial charge in [0.1, 0.15) is 11.5 Å². The second-order valence-electron chi connectivity index (χ2n) is 11.5. The maximum atomic E-state index is 14.2. The van der Waals surface area contributed by atoms with Gasteiger partial charge in [-0.3, -0.25) is 19.8 Å². The molecular weight excluding hydrogens is 518 g/mol. The predicted octanol–water partition coefficient (Wildman–Crippen LogP) is 1.23. The third-order valence-corrected chi connectivity index (χ3v) is 8.83. The third kappa shape index (κ3) is 5.07. The monoisotopic (exact) mass is 555 g/mol. The lowest BCUT2D eigenvalue weighted by Gasteiger charge is -2.37. The number of nitriles is 1. The van der Waals surface area contributed by atoms with Crippen LogP contribution in [-0.2, 0) is 27.8 Å². The molecule has 214 valence electrons. The minimum Gasteiger partial charge on any atom is -0.399 e. The Labute approximate surface area is 240 Å². The van der Waals surface area contributed by atoms with Crippen LogP contribution in [0, 0.1) is 17.2 Å². The number of primary amides is 1. The number of hydrazine groups is 1. The molecule has 10 nitrogen and oxygen atoms in total. The average molecular weight is 556 g/mol. The van der Waals surface area contributed by atoms with Crippen LogP contribution in [0.2, 0.25) is 0 Å². The van der Waals surface area contributed by atoms with Crippen LogP contribution < -0.4 is 27.6 Å². The zero-order valence-electron chi connectivity index (χ0n) is 23.5. The predicted molar refractivity (Wildman–Crippen MR) is 155 cm³/mol. The first kappa shape index (κ1) is 28.3. The van der Waals surface area contributed by atoms with Gasteiger partial charge in [-0.05, 0) is 91.0 Å². The van der Waals surface area contributed by atoms with Gasteiger partial charge in [-0.25, -0.2) is 5.43 Å². The Morgan fingerprint density at radius 3 is 2.32 bits per heavy atom. The molecule has 2 aromatic carbocycles. The number of carbonyl (C=O) groups is 3. The van der Waals surface area contributed by atoms with E-state index in [1.165, 1.54) is 0 Å². The number of hydrogen-bond acceptors (Lipinski definition) is 7. The molecule has 0 spiro atoms. The molecular formula is C31H37N7O3. The van der Waals surface area contributed by atoms with Gasteiger partial charge in [-0.1, -0.05) is 24.8 Å². The van der Waals surface area contributed by atoms with Crippen molar-refractivity contribution in [3.8, 4) is 6.07 Å². The molecule has 2 aliphatic carbocycles. The van der Waals surface area contributed by atoms with Gasteiger partial charge in [-0.2, -0.15) is 5.26 Å². The number of hydrogen-bond donors (Lipinski definition) is 5. The van der Waals surface area contributed by atoms with Crippen LogP contribution in [0.3, 0.4) is 0 Å². The minimum absolute atomic E-state index is 0.0680. The van der Waals surface area contributed by atoms with E-state index in [0.717, 1.165) is 40.7 Å². The van der Waals surface area contributed by atoms with Gasteiger partial charge >= 0.3 is 0 Å². The fourth-order valence-electron chi connectivity index (χ4n) is 6.79. The SMILES string of the molecule is C=C(N)c1ccc2c(c1)CCc1cc(C(N)=O)ccc1C2(C[C@@H](C)NCC(=O)N1C(C#N)C[C@@H]2CC21)C(=O)NNC. The lowest BCUT2D eigenvalue weighted by atomic mass is 9.67. The van der Waals surface area contributed by atoms with E-state index in [1.807, 2.05) is 31.2 Å². The standard InChI is InChI=1S/C31H37N7O3/c1-17(36-16-28(39)38-24(15-32)12-23-13-27(23)38)14-31(30(41)37-35-3)25-8-6-19(18(2)33)10-20(25)4-5-21-11-22(29(34)40)7-9-26(21)31/h6-11,17,23-24,27,35-36H,2,4-5,12-14,16,33H2,1,3H3,(H2,34,40)(H,37,41)/t17-,23-,24?,27?,31?/m1/s1. The van der Waals surface area contributed by atoms with Gasteiger partial charge in [0.2, 0.25) is 17.7 Å². The van der Waals surface area contributed by atoms with Crippen molar-refractivity contribution in [2.45, 2.75) is 62.6 Å². The molecule has 1 saturated heterocycles. The topological polar surface area (TPSA) is 166 Å². The average Bonchev–Trinajstić information content (AvgIpc) is 3.64. The molecule has 0 bridgehead atoms. The molecule has 41 heavy (non-hydrogen) atoms. The fourth-order valence-corrected chi connectivity index (χ4v) is 6.79. The Morgan fingerprint density at radius 2 is 1.73 bits per heavy atom. The highest BCUT2D eigenvalue weighted by molar-refractivity contribution is 5.96. The van der Waals surface area contributed by atoms with E-state index in [0.29, 0.717) is 36.4 Å². The number of amides is 3. The zero-order chi connectivity index (χ0) is 29.5. The van der Waals surface area contributed by atoms with Gasteiger partial charge in [-0.15, -0.1) is 0 Å². The number of rotatable bonds is 9. The van der Waals surface area contributed by atoms with Crippen LogP contribution in [0.25, 0.3) is 5.70 Å². The summed E-state index contributed by atoms with van der Waals surface area (Å²) in [5.74, 6) is -0.458. The summed E-state index contributed by atoms with van der Waals surface area (Å²) in [6.07, 6.45) is 3.23. The van der Waals surface area contributed by atoms with Crippen LogP contribution in [0.1, 0.15) is 64.4 Å². The van der Waals surface area contributed by atoms with Crippen molar-refractivity contribution < 1.29 is 14.4 Å². The fraction of sp³-hybridized carbons (Fsp3) is 0.419. The van der Waals surface area contributed by atoms with Crippen molar-refractivity contribution in [2.75, 3.05) is 13.6 Å². The number of nitrogens with two attached hydrogens (primary N) is 2. The largest absolute Gasteiger partial charge is 0.399 e. The molecule has 3 amide bonds. The Morgan fingerprint density at radius 1 is 1.10 bits per heavy atom. The zero-order valence-corrected chi connectivity index (χ0v) is 23.5. The normalized spacial score (nSPS) is 24.6. The van der Waals surface area contributed by atoms with E-state index in [9.17, 15) is 19.6 Å². The van der Waals surface area contributed by atoms with Crippen molar-refractivity contribution in [2.24, 2.45) is 17.4 Å². The van der Waals surface area contributed by atoms with E-state index >= 15 is 0 Å². The first-order chi connectivity index (χ1) is 19.6. The molecule has 3 unspecified atom stereocenters. The van der Waals surface area contributed by atoms with E-state index < -0.39 is 11.3 Å². The van der Waals surface area contributed by atoms with Gasteiger partial charge in [0.15, 0.2) is 0 Å². The number of nitrogens with zero attached hydrogens (tertiary/aromatic N) is 2. The van der Waals surface area contributed by atoms with Crippen LogP contribution in [0.5, 0.6) is 0 Å². The Balaban J connectivity index is 1.54. The van der Waals surface area contributed by atoms with Gasteiger partial charge in [0.25, 0.3) is 0 Å². The molecule has 1 saturated carbocycles. The van der Waals surface area contributed by atoms with Crippen molar-refractivity contribution in [3.05, 3.63) is 76.4 Å². The molecule has 1 aliphatic heterocycles. The molecule has 0 aromatic heterocycles. The third-order valence-electron chi connectivity index (χ3n) is 8.83. The highest BCUT2D eigenvalue weighted by Crippen LogP contribution is 2.48. The maximum absolute atomic E-state index is 14.2. The van der Waals surface area contributed by atoms with E-state index in [1.54, 1.807) is 24.1 Å². The van der Waals surface area contributed by atoms with Crippen LogP contribution in [-0.4, -0.2) is 54.3 Å². The molecule has 2 aromatic rings. The number of fused-ring (bicyclic) bond motifs is 3. The van der Waals surface area contributed by atoms with Crippen molar-refractivity contribution in [1.29, 1.82) is 5.26 Å². The van der Waals surface area contributed by atoms with Crippen LogP contribution in [0.15, 0.2) is 43.0 Å². The first-order valence-corrected chi connectivity index (χ1v) is 14.0. The summed E-state index contributed by atoms with van der Waals surface area (Å²) in [5, 5.41) is 12.9. The number of piperidine rings is 1. The van der Waals surface area contributed by atoms with E-state index in [4.69, 9.17) is 11.5 Å². The van der Waals surface area contributed by atoms with Crippen molar-refractivity contribution in [3.63, 3.8) is 0 Å². The second kappa shape index (κ2) is 11.0. The highest BCUT2D eigenvalue weighted by Gasteiger charge is 2.54. The smallest absolute Gasteiger partial charge is 0.249 e. The van der Waals surface area contributed by atoms with Crippen LogP contribution >= 0.6 is 0 Å². The maximum Gasteiger partial charge on any atom is 0.249 e. The quantitative estimate of drug-likeness (QED) is 0.290. The summed E-state index contributed by atoms with van der Waals surface area (Å²) in [6, 6.07) is 12.8. The summed E-state index contributed by atoms with van der Waals surface area (Å²) in [6.45, 7) is 5.90. The van der Waals surface area contributed by atoms with Crippen LogP contribution in [0.4, 0.5) is 0 Å². The van der Waals surface area contributed by atoms with Gasteiger partial charge in [0, 0.05) is 30.4 Å². The lowest BCUT2D eigenvalue weighted by Crippen LogP contribution is -2.53. The molecule has 10 heteroatoms. The number of nitrogens with one attached hydrogen (secondary N) is 3. The van der Waals surface area contributed by atoms with Gasteiger partial charge < -0.3 is 21.7 Å². The first-order valence-electron chi connectivity index (χ1n) is 14.0. The molecule has 5 atom stereocenters. The molecule has 0 radical (unpaired) electrons. The number of likely N-dealkylation sites (tertiary alicyclic amines) is 1. The second-order valence-corrected chi connectivity index (χ2v) is 11.5. The van der Waals surface area contributed by atoms with Crippen molar-refractivity contribution in [1.82, 2.24) is 21.1 Å². The lowest BCUT2D eigenvalue weighted by molar-refractivity contribution is -0.131. The Bertz CT molecular complexity index is 1400. The minimum atomic E-state index is -1.17. The Hall–Kier alpha value is -4.20. The van der Waals surface area contributed by atoms with Gasteiger partial charge in [0.05, 0.1) is 12.6 Å². The Kier molecular flexibility index (Phi) is 7.60. The summed E-state index contributed by atoms with van der Waals surface area (Å²) >= 11 is 0. The molecule has 2 fully saturated rings. The number of benzene rings is 2. The van der Waals surface area contributed by atoms with E-state index in [-0.39, 0.29) is 36.5 Å². The van der Waals surface area contributed by atoms with Crippen molar-refractivity contribution >= 4 is 23.4 Å². The summed E-state index contributed by atoms with van der Waals surface area (Å²) in [5.41, 5.74) is 21.1. The molecule has 1 heterocycles. The molecule has 7 N–H and O–H groups in total. The summed E-state index contributed by atoms with van der Waals surface area (Å²) < 4.78 is 0. The molecule has 3 aliphatic rings. The summed E-state index contributed by atoms with van der Waals surface area (Å²) in [7, 11) is 1.63. The number of carbonyl (C=O) groups excluding carboxylic acids is 3. The summed E-state index contributed by atoms with van der Waals surface area (Å²) in [4.78, 5) is 41.2.